The standard InChI is InChI=1S/C23H19ClN2O4S/c1-2-29-19-12-15(11-18(24)21(19)27)13-20-22(28)26(14-17-9-6-10-30-17)23(31-20)25-16-7-4-3-5-8-16/h3-13,27H,2,14H2,1H3/b20-13-,25-23?. The van der Waals surface area contributed by atoms with Gasteiger partial charge in [0.1, 0.15) is 5.76 Å². The van der Waals surface area contributed by atoms with E-state index >= 15 is 0 Å². The number of phenols is 1. The molecule has 0 aliphatic carbocycles. The Kier molecular flexibility index (Phi) is 6.34. The van der Waals surface area contributed by atoms with Crippen molar-refractivity contribution >= 4 is 46.2 Å². The minimum Gasteiger partial charge on any atom is -0.503 e. The van der Waals surface area contributed by atoms with Crippen molar-refractivity contribution in [3.8, 4) is 11.5 Å². The minimum atomic E-state index is -0.196. The van der Waals surface area contributed by atoms with Gasteiger partial charge in [0.05, 0.1) is 35.0 Å². The van der Waals surface area contributed by atoms with E-state index in [0.29, 0.717) is 28.0 Å². The number of thioether (sulfide) groups is 1. The number of benzene rings is 2. The molecule has 2 heterocycles. The summed E-state index contributed by atoms with van der Waals surface area (Å²) in [4.78, 5) is 19.9. The Morgan fingerprint density at radius 2 is 2.03 bits per heavy atom. The Morgan fingerprint density at radius 3 is 2.74 bits per heavy atom. The second-order valence-corrected chi connectivity index (χ2v) is 8.01. The first kappa shape index (κ1) is 21.1. The number of hydrogen-bond donors (Lipinski definition) is 1. The summed E-state index contributed by atoms with van der Waals surface area (Å²) in [5, 5.41) is 10.8. The number of amides is 1. The number of halogens is 1. The monoisotopic (exact) mass is 454 g/mol. The van der Waals surface area contributed by atoms with E-state index in [1.165, 1.54) is 11.8 Å². The number of amidine groups is 1. The summed E-state index contributed by atoms with van der Waals surface area (Å²) in [5.41, 5.74) is 1.39. The molecule has 1 aromatic heterocycles. The fraction of sp³-hybridized carbons (Fsp3) is 0.130. The van der Waals surface area contributed by atoms with Crippen molar-refractivity contribution in [3.63, 3.8) is 0 Å². The van der Waals surface area contributed by atoms with Crippen LogP contribution in [-0.2, 0) is 11.3 Å². The summed E-state index contributed by atoms with van der Waals surface area (Å²) in [5.74, 6) is 0.602. The van der Waals surface area contributed by atoms with Crippen LogP contribution in [0.25, 0.3) is 6.08 Å². The predicted octanol–water partition coefficient (Wildman–Crippen LogP) is 5.84. The first-order valence-electron chi connectivity index (χ1n) is 9.58. The number of ether oxygens (including phenoxy) is 1. The van der Waals surface area contributed by atoms with E-state index < -0.39 is 0 Å². The lowest BCUT2D eigenvalue weighted by molar-refractivity contribution is -0.122. The zero-order chi connectivity index (χ0) is 21.8. The summed E-state index contributed by atoms with van der Waals surface area (Å²) in [7, 11) is 0. The third kappa shape index (κ3) is 4.78. The minimum absolute atomic E-state index is 0.123. The van der Waals surface area contributed by atoms with E-state index in [9.17, 15) is 9.90 Å². The van der Waals surface area contributed by atoms with Crippen LogP contribution in [-0.4, -0.2) is 27.7 Å². The number of aromatic hydroxyl groups is 1. The number of aliphatic imine (C=N–C) groups is 1. The van der Waals surface area contributed by atoms with Gasteiger partial charge in [0.15, 0.2) is 16.7 Å². The molecule has 2 aromatic carbocycles. The normalized spacial score (nSPS) is 16.5. The zero-order valence-electron chi connectivity index (χ0n) is 16.6. The molecule has 0 radical (unpaired) electrons. The lowest BCUT2D eigenvalue weighted by Crippen LogP contribution is -2.28. The van der Waals surface area contributed by atoms with E-state index in [4.69, 9.17) is 20.8 Å². The third-order valence-corrected chi connectivity index (χ3v) is 5.71. The molecule has 0 atom stereocenters. The molecule has 0 saturated carbocycles. The van der Waals surface area contributed by atoms with Gasteiger partial charge in [0.2, 0.25) is 0 Å². The van der Waals surface area contributed by atoms with E-state index in [-0.39, 0.29) is 29.0 Å². The molecule has 1 aliphatic heterocycles. The average Bonchev–Trinajstić information content (AvgIpc) is 3.37. The van der Waals surface area contributed by atoms with Crippen molar-refractivity contribution in [3.05, 3.63) is 82.1 Å². The second-order valence-electron chi connectivity index (χ2n) is 6.59. The summed E-state index contributed by atoms with van der Waals surface area (Å²) in [6, 6.07) is 16.3. The first-order chi connectivity index (χ1) is 15.0. The van der Waals surface area contributed by atoms with Crippen LogP contribution in [0, 0.1) is 0 Å². The number of hydrogen-bond acceptors (Lipinski definition) is 6. The molecule has 1 fully saturated rings. The zero-order valence-corrected chi connectivity index (χ0v) is 18.2. The highest BCUT2D eigenvalue weighted by Gasteiger charge is 2.34. The van der Waals surface area contributed by atoms with Gasteiger partial charge >= 0.3 is 0 Å². The number of rotatable bonds is 6. The molecule has 6 nitrogen and oxygen atoms in total. The highest BCUT2D eigenvalue weighted by atomic mass is 35.5. The molecule has 31 heavy (non-hydrogen) atoms. The fourth-order valence-electron chi connectivity index (χ4n) is 3.00. The van der Waals surface area contributed by atoms with E-state index in [1.807, 2.05) is 43.3 Å². The van der Waals surface area contributed by atoms with Crippen molar-refractivity contribution in [2.45, 2.75) is 13.5 Å². The van der Waals surface area contributed by atoms with Gasteiger partial charge in [-0.3, -0.25) is 9.69 Å². The van der Waals surface area contributed by atoms with Crippen LogP contribution in [0.3, 0.4) is 0 Å². The fourth-order valence-corrected chi connectivity index (χ4v) is 4.21. The van der Waals surface area contributed by atoms with Gasteiger partial charge in [-0.25, -0.2) is 4.99 Å². The summed E-state index contributed by atoms with van der Waals surface area (Å²) in [6.45, 7) is 2.46. The third-order valence-electron chi connectivity index (χ3n) is 4.41. The number of carbonyl (C=O) groups excluding carboxylic acids is 1. The molecule has 1 aliphatic rings. The topological polar surface area (TPSA) is 75.3 Å². The number of para-hydroxylation sites is 1. The van der Waals surface area contributed by atoms with Crippen LogP contribution in [0.1, 0.15) is 18.2 Å². The smallest absolute Gasteiger partial charge is 0.267 e. The summed E-state index contributed by atoms with van der Waals surface area (Å²) in [6.07, 6.45) is 3.28. The lowest BCUT2D eigenvalue weighted by Gasteiger charge is -2.13. The van der Waals surface area contributed by atoms with Crippen molar-refractivity contribution in [2.75, 3.05) is 6.61 Å². The average molecular weight is 455 g/mol. The van der Waals surface area contributed by atoms with E-state index in [1.54, 1.807) is 35.4 Å². The summed E-state index contributed by atoms with van der Waals surface area (Å²) >= 11 is 7.41. The van der Waals surface area contributed by atoms with Crippen LogP contribution >= 0.6 is 23.4 Å². The molecule has 8 heteroatoms. The molecule has 0 spiro atoms. The van der Waals surface area contributed by atoms with Gasteiger partial charge in [0.25, 0.3) is 5.91 Å². The van der Waals surface area contributed by atoms with Gasteiger partial charge in [0, 0.05) is 0 Å². The number of furan rings is 1. The second kappa shape index (κ2) is 9.32. The Labute approximate surface area is 188 Å². The molecular weight excluding hydrogens is 436 g/mol. The van der Waals surface area contributed by atoms with Gasteiger partial charge in [-0.05, 0) is 66.7 Å². The van der Waals surface area contributed by atoms with Crippen LogP contribution in [0.5, 0.6) is 11.5 Å². The van der Waals surface area contributed by atoms with Crippen molar-refractivity contribution < 1.29 is 19.1 Å². The van der Waals surface area contributed by atoms with Gasteiger partial charge in [-0.1, -0.05) is 29.8 Å². The predicted molar refractivity (Wildman–Crippen MR) is 123 cm³/mol. The molecule has 4 rings (SSSR count). The Bertz CT molecular complexity index is 1140. The maximum absolute atomic E-state index is 13.2. The molecule has 1 saturated heterocycles. The van der Waals surface area contributed by atoms with Crippen molar-refractivity contribution in [1.82, 2.24) is 4.90 Å². The van der Waals surface area contributed by atoms with Gasteiger partial charge in [-0.15, -0.1) is 0 Å². The van der Waals surface area contributed by atoms with Crippen LogP contribution in [0.15, 0.2) is 75.2 Å². The molecular formula is C23H19ClN2O4S. The molecule has 3 aromatic rings. The van der Waals surface area contributed by atoms with Crippen molar-refractivity contribution in [2.24, 2.45) is 4.99 Å². The highest BCUT2D eigenvalue weighted by molar-refractivity contribution is 8.18. The molecule has 0 unspecified atom stereocenters. The maximum Gasteiger partial charge on any atom is 0.267 e. The first-order valence-corrected chi connectivity index (χ1v) is 10.8. The number of carbonyl (C=O) groups is 1. The number of phenolic OH excluding ortho intramolecular Hbond substituents is 1. The number of nitrogens with zero attached hydrogens (tertiary/aromatic N) is 2. The summed E-state index contributed by atoms with van der Waals surface area (Å²) < 4.78 is 10.9. The molecule has 1 N–H and O–H groups in total. The van der Waals surface area contributed by atoms with Crippen LogP contribution in [0.2, 0.25) is 5.02 Å². The molecule has 158 valence electrons. The largest absolute Gasteiger partial charge is 0.503 e. The lowest BCUT2D eigenvalue weighted by atomic mass is 10.2. The van der Waals surface area contributed by atoms with Gasteiger partial charge < -0.3 is 14.3 Å². The van der Waals surface area contributed by atoms with Crippen LogP contribution in [0.4, 0.5) is 5.69 Å². The molecule has 1 amide bonds. The highest BCUT2D eigenvalue weighted by Crippen LogP contribution is 2.39. The Hall–Kier alpha value is -3.16. The molecule has 0 bridgehead atoms. The Balaban J connectivity index is 1.70. The SMILES string of the molecule is CCOc1cc(/C=C2\SC(=Nc3ccccc3)N(Cc3ccco3)C2=O)cc(Cl)c1O. The van der Waals surface area contributed by atoms with Gasteiger partial charge in [-0.2, -0.15) is 0 Å². The van der Waals surface area contributed by atoms with Crippen LogP contribution < -0.4 is 4.74 Å². The van der Waals surface area contributed by atoms with Crippen molar-refractivity contribution in [1.29, 1.82) is 0 Å². The van der Waals surface area contributed by atoms with E-state index in [2.05, 4.69) is 4.99 Å². The Morgan fingerprint density at radius 1 is 1.23 bits per heavy atom. The quantitative estimate of drug-likeness (QED) is 0.473. The maximum atomic E-state index is 13.2. The van der Waals surface area contributed by atoms with E-state index in [0.717, 1.165) is 5.69 Å².